The molecule has 2 aromatic heterocycles. The van der Waals surface area contributed by atoms with Gasteiger partial charge < -0.3 is 48.4 Å². The average Bonchev–Trinajstić information content (AvgIpc) is 3.13. The first-order chi connectivity index (χ1) is 14.2. The molecule has 0 saturated carbocycles. The van der Waals surface area contributed by atoms with Crippen molar-refractivity contribution in [2.24, 2.45) is 0 Å². The molecule has 1 saturated heterocycles. The van der Waals surface area contributed by atoms with Crippen molar-refractivity contribution >= 4 is 43.0 Å². The predicted octanol–water partition coefficient (Wildman–Crippen LogP) is -4.16. The van der Waals surface area contributed by atoms with Crippen molar-refractivity contribution in [2.75, 3.05) is 12.3 Å². The zero-order chi connectivity index (χ0) is 23.2. The van der Waals surface area contributed by atoms with Gasteiger partial charge in [0.05, 0.1) is 20.8 Å². The number of aliphatic hydroxyl groups is 1. The number of hydrogen-bond acceptors (Lipinski definition) is 17. The quantitative estimate of drug-likeness (QED) is 0.196. The van der Waals surface area contributed by atoms with Crippen molar-refractivity contribution in [1.29, 1.82) is 0 Å². The highest BCUT2D eigenvalue weighted by molar-refractivity contribution is 7.85. The predicted molar refractivity (Wildman–Crippen MR) is 86.5 cm³/mol. The van der Waals surface area contributed by atoms with Gasteiger partial charge in [0, 0.05) is 0 Å². The van der Waals surface area contributed by atoms with Crippen molar-refractivity contribution < 1.29 is 59.6 Å². The molecular weight excluding hydrogens is 492 g/mol. The fourth-order valence-electron chi connectivity index (χ4n) is 2.72. The number of ether oxygens (including phenoxy) is 1. The number of nitrogens with zero attached hydrogens (tertiary/aromatic N) is 4. The smallest absolute Gasteiger partial charge is 0.282 e. The summed E-state index contributed by atoms with van der Waals surface area (Å²) in [7, 11) is -17.2. The third-order valence-electron chi connectivity index (χ3n) is 3.80. The molecule has 0 radical (unpaired) electrons. The lowest BCUT2D eigenvalue weighted by molar-refractivity contribution is -0.347. The lowest BCUT2D eigenvalue weighted by atomic mass is 10.1. The summed E-state index contributed by atoms with van der Waals surface area (Å²) in [6.07, 6.45) is -5.14. The normalized spacial score (nSPS) is 26.9. The lowest BCUT2D eigenvalue weighted by Crippen LogP contribution is -2.38. The molecule has 3 heterocycles. The minimum absolute atomic E-state index is 0.0135. The number of phosphoric acid groups is 2. The van der Waals surface area contributed by atoms with E-state index in [1.165, 1.54) is 0 Å². The van der Waals surface area contributed by atoms with Crippen molar-refractivity contribution in [3.05, 3.63) is 12.7 Å². The van der Waals surface area contributed by atoms with Gasteiger partial charge in [-0.1, -0.05) is 0 Å². The number of aromatic nitrogens is 4. The highest BCUT2D eigenvalue weighted by Crippen LogP contribution is 2.44. The summed E-state index contributed by atoms with van der Waals surface area (Å²) in [5, 5.41) is 10.4. The number of imidazole rings is 1. The summed E-state index contributed by atoms with van der Waals surface area (Å²) in [6, 6.07) is 0. The molecular formula is C10H11N5O13P2S-4. The molecule has 174 valence electrons. The van der Waals surface area contributed by atoms with Gasteiger partial charge in [0.25, 0.3) is 7.82 Å². The minimum atomic E-state index is -5.74. The molecule has 0 spiro atoms. The maximum Gasteiger partial charge on any atom is 0.282 e. The molecule has 18 nitrogen and oxygen atoms in total. The van der Waals surface area contributed by atoms with Crippen LogP contribution in [0.3, 0.4) is 0 Å². The monoisotopic (exact) mass is 503 g/mol. The average molecular weight is 503 g/mol. The van der Waals surface area contributed by atoms with Gasteiger partial charge in [-0.3, -0.25) is 9.13 Å². The Kier molecular flexibility index (Phi) is 6.51. The van der Waals surface area contributed by atoms with Gasteiger partial charge in [-0.2, -0.15) is 0 Å². The van der Waals surface area contributed by atoms with Crippen LogP contribution in [0.5, 0.6) is 0 Å². The molecule has 2 aromatic rings. The molecule has 5 atom stereocenters. The summed E-state index contributed by atoms with van der Waals surface area (Å²) in [4.78, 5) is 45.0. The zero-order valence-electron chi connectivity index (χ0n) is 14.7. The van der Waals surface area contributed by atoms with E-state index in [9.17, 15) is 41.9 Å². The molecule has 0 aromatic carbocycles. The first-order valence-electron chi connectivity index (χ1n) is 7.76. The number of phosphoric ester groups is 2. The highest BCUT2D eigenvalue weighted by atomic mass is 32.3. The molecule has 1 aliphatic heterocycles. The SMILES string of the molecule is Nc1ncnc2c1ncn2C1OC(COP(=O)([O-])OS(=O)(=O)[O-])C(OP(=O)([O-])[O-])C1O. The fourth-order valence-corrected chi connectivity index (χ4v) is 4.67. The molecule has 5 unspecified atom stereocenters. The van der Waals surface area contributed by atoms with Crippen molar-refractivity contribution in [2.45, 2.75) is 24.5 Å². The molecule has 3 rings (SSSR count). The van der Waals surface area contributed by atoms with E-state index in [2.05, 4.69) is 28.0 Å². The number of hydrogen-bond donors (Lipinski definition) is 2. The van der Waals surface area contributed by atoms with Crippen LogP contribution in [0.2, 0.25) is 0 Å². The summed E-state index contributed by atoms with van der Waals surface area (Å²) < 4.78 is 71.8. The molecule has 31 heavy (non-hydrogen) atoms. The van der Waals surface area contributed by atoms with Crippen LogP contribution in [0.1, 0.15) is 6.23 Å². The molecule has 0 bridgehead atoms. The van der Waals surface area contributed by atoms with E-state index in [-0.39, 0.29) is 17.0 Å². The van der Waals surface area contributed by atoms with Crippen LogP contribution in [0, 0.1) is 0 Å². The van der Waals surface area contributed by atoms with E-state index in [1.807, 2.05) is 0 Å². The van der Waals surface area contributed by atoms with Gasteiger partial charge in [-0.15, -0.1) is 0 Å². The Hall–Kier alpha value is -1.60. The highest BCUT2D eigenvalue weighted by Gasteiger charge is 2.47. The largest absolute Gasteiger partial charge is 0.790 e. The maximum atomic E-state index is 11.4. The third kappa shape index (κ3) is 5.80. The van der Waals surface area contributed by atoms with Crippen molar-refractivity contribution in [1.82, 2.24) is 19.5 Å². The van der Waals surface area contributed by atoms with Crippen LogP contribution in [0.4, 0.5) is 5.82 Å². The van der Waals surface area contributed by atoms with Crippen LogP contribution in [-0.2, 0) is 37.3 Å². The standard InChI is InChI=1S/C10H15N5O13P2S/c11-8-5-9(13-2-12-8)15(3-14-5)10-6(16)7(27-29(17,18)19)4(26-10)1-25-30(20,21)28-31(22,23)24/h2-4,6-7,10,16H,1H2,(H,20,21)(H2,11,12,13)(H2,17,18,19)(H,22,23,24)/p-4. The second kappa shape index (κ2) is 8.39. The first kappa shape index (κ1) is 24.1. The van der Waals surface area contributed by atoms with Gasteiger partial charge in [0.15, 0.2) is 17.7 Å². The summed E-state index contributed by atoms with van der Waals surface area (Å²) in [6.45, 7) is -1.21. The molecule has 0 amide bonds. The molecule has 1 aliphatic rings. The Labute approximate surface area is 172 Å². The second-order valence-corrected chi connectivity index (χ2v) is 9.55. The number of aliphatic hydroxyl groups excluding tert-OH is 1. The van der Waals surface area contributed by atoms with E-state index in [4.69, 9.17) is 10.5 Å². The fraction of sp³-hybridized carbons (Fsp3) is 0.500. The summed E-state index contributed by atoms with van der Waals surface area (Å²) >= 11 is 0. The number of nitrogens with two attached hydrogens (primary N) is 1. The molecule has 3 N–H and O–H groups in total. The number of nitrogen functional groups attached to an aromatic ring is 1. The van der Waals surface area contributed by atoms with Gasteiger partial charge in [0.1, 0.15) is 30.2 Å². The topological polar surface area (TPSA) is 287 Å². The van der Waals surface area contributed by atoms with Crippen LogP contribution in [-0.4, -0.2) is 62.5 Å². The summed E-state index contributed by atoms with van der Waals surface area (Å²) in [5.41, 5.74) is 5.73. The van der Waals surface area contributed by atoms with E-state index in [0.29, 0.717) is 0 Å². The Morgan fingerprint density at radius 2 is 1.94 bits per heavy atom. The van der Waals surface area contributed by atoms with E-state index in [0.717, 1.165) is 17.2 Å². The number of fused-ring (bicyclic) bond motifs is 1. The Bertz CT molecular complexity index is 1170. The van der Waals surface area contributed by atoms with Crippen molar-refractivity contribution in [3.63, 3.8) is 0 Å². The van der Waals surface area contributed by atoms with Gasteiger partial charge in [-0.25, -0.2) is 27.3 Å². The molecule has 1 fully saturated rings. The molecule has 21 heteroatoms. The van der Waals surface area contributed by atoms with Gasteiger partial charge >= 0.3 is 0 Å². The van der Waals surface area contributed by atoms with E-state index in [1.54, 1.807) is 0 Å². The third-order valence-corrected chi connectivity index (χ3v) is 6.23. The second-order valence-electron chi connectivity index (χ2n) is 5.88. The maximum absolute atomic E-state index is 11.4. The lowest BCUT2D eigenvalue weighted by Gasteiger charge is -2.34. The number of anilines is 1. The summed E-state index contributed by atoms with van der Waals surface area (Å²) in [5.74, 6) is -0.0456. The van der Waals surface area contributed by atoms with Gasteiger partial charge in [-0.05, 0) is 0 Å². The Morgan fingerprint density at radius 1 is 1.26 bits per heavy atom. The van der Waals surface area contributed by atoms with Crippen LogP contribution in [0.25, 0.3) is 11.2 Å². The van der Waals surface area contributed by atoms with E-state index < -0.39 is 57.2 Å². The Morgan fingerprint density at radius 3 is 2.55 bits per heavy atom. The number of rotatable bonds is 8. The van der Waals surface area contributed by atoms with Crippen LogP contribution in [0.15, 0.2) is 12.7 Å². The molecule has 0 aliphatic carbocycles. The zero-order valence-corrected chi connectivity index (χ0v) is 17.3. The van der Waals surface area contributed by atoms with Crippen molar-refractivity contribution in [3.8, 4) is 0 Å². The Balaban J connectivity index is 1.88. The van der Waals surface area contributed by atoms with Crippen LogP contribution < -0.4 is 20.4 Å². The first-order valence-corrected chi connectivity index (χ1v) is 12.0. The minimum Gasteiger partial charge on any atom is -0.790 e. The van der Waals surface area contributed by atoms with E-state index >= 15 is 0 Å². The van der Waals surface area contributed by atoms with Gasteiger partial charge in [0.2, 0.25) is 10.4 Å². The van der Waals surface area contributed by atoms with Crippen LogP contribution >= 0.6 is 15.6 Å².